The number of hydrogen-bond donors (Lipinski definition) is 1. The number of carbonyl (C=O) groups is 2. The van der Waals surface area contributed by atoms with Gasteiger partial charge in [-0.1, -0.05) is 80.1 Å². The Labute approximate surface area is 226 Å². The van der Waals surface area contributed by atoms with Gasteiger partial charge in [0.05, 0.1) is 35.6 Å². The summed E-state index contributed by atoms with van der Waals surface area (Å²) in [6, 6.07) is 23.1. The van der Waals surface area contributed by atoms with E-state index in [9.17, 15) is 9.59 Å². The molecule has 196 valence electrons. The molecular formula is C33H37N3O2. The van der Waals surface area contributed by atoms with Crippen LogP contribution in [0.25, 0.3) is 0 Å². The lowest BCUT2D eigenvalue weighted by atomic mass is 10.0. The first kappa shape index (κ1) is 27.2. The maximum absolute atomic E-state index is 13.6. The molecule has 38 heavy (non-hydrogen) atoms. The van der Waals surface area contributed by atoms with Gasteiger partial charge in [0, 0.05) is 0 Å². The maximum atomic E-state index is 13.6. The van der Waals surface area contributed by atoms with Crippen molar-refractivity contribution in [1.82, 2.24) is 4.90 Å². The number of fused-ring (bicyclic) bond motifs is 2. The molecule has 0 aromatic heterocycles. The topological polar surface area (TPSA) is 52.7 Å². The molecule has 0 saturated carbocycles. The summed E-state index contributed by atoms with van der Waals surface area (Å²) in [7, 11) is 2.08. The molecule has 5 heteroatoms. The Morgan fingerprint density at radius 1 is 0.842 bits per heavy atom. The Kier molecular flexibility index (Phi) is 9.72. The molecule has 0 aliphatic carbocycles. The third-order valence-corrected chi connectivity index (χ3v) is 7.03. The number of nitrogens with one attached hydrogen (secondary N) is 1. The third kappa shape index (κ3) is 7.12. The minimum absolute atomic E-state index is 0.0698. The van der Waals surface area contributed by atoms with E-state index in [0.29, 0.717) is 22.6 Å². The summed E-state index contributed by atoms with van der Waals surface area (Å²) in [4.78, 5) is 30.3. The summed E-state index contributed by atoms with van der Waals surface area (Å²) < 4.78 is 0. The fourth-order valence-corrected chi connectivity index (χ4v) is 4.95. The highest BCUT2D eigenvalue weighted by atomic mass is 16.2. The van der Waals surface area contributed by atoms with Crippen molar-refractivity contribution in [2.45, 2.75) is 51.4 Å². The highest BCUT2D eigenvalue weighted by molar-refractivity contribution is 6.17. The van der Waals surface area contributed by atoms with Gasteiger partial charge in [0.15, 0.2) is 0 Å². The van der Waals surface area contributed by atoms with E-state index in [1.165, 1.54) is 44.1 Å². The summed E-state index contributed by atoms with van der Waals surface area (Å²) in [5.41, 5.74) is 4.69. The van der Waals surface area contributed by atoms with Crippen molar-refractivity contribution in [3.05, 3.63) is 89.5 Å². The Morgan fingerprint density at radius 2 is 1.47 bits per heavy atom. The Balaban J connectivity index is 1.29. The minimum Gasteiger partial charge on any atom is -0.320 e. The SMILES string of the molecule is C#CCN(C)CCCCCCCCc1ccc(CC(=O)N2c3ccccc3NC(=O)c3ccccc32)cc1. The van der Waals surface area contributed by atoms with Gasteiger partial charge in [0.25, 0.3) is 5.91 Å². The lowest BCUT2D eigenvalue weighted by Gasteiger charge is -2.24. The van der Waals surface area contributed by atoms with Crippen LogP contribution < -0.4 is 10.2 Å². The highest BCUT2D eigenvalue weighted by Gasteiger charge is 2.28. The van der Waals surface area contributed by atoms with Crippen molar-refractivity contribution in [3.63, 3.8) is 0 Å². The number of amides is 2. The fraction of sp³-hybridized carbons (Fsp3) is 0.333. The first-order valence-corrected chi connectivity index (χ1v) is 13.6. The lowest BCUT2D eigenvalue weighted by molar-refractivity contribution is -0.117. The molecule has 5 nitrogen and oxygen atoms in total. The van der Waals surface area contributed by atoms with Crippen molar-refractivity contribution in [3.8, 4) is 12.3 Å². The molecule has 1 aliphatic heterocycles. The van der Waals surface area contributed by atoms with Crippen LogP contribution >= 0.6 is 0 Å². The van der Waals surface area contributed by atoms with Crippen molar-refractivity contribution in [2.24, 2.45) is 0 Å². The quantitative estimate of drug-likeness (QED) is 0.222. The van der Waals surface area contributed by atoms with Gasteiger partial charge < -0.3 is 5.32 Å². The number of anilines is 3. The predicted octanol–water partition coefficient (Wildman–Crippen LogP) is 6.61. The number of carbonyl (C=O) groups excluding carboxylic acids is 2. The van der Waals surface area contributed by atoms with Gasteiger partial charge in [-0.05, 0) is 68.2 Å². The van der Waals surface area contributed by atoms with Crippen LogP contribution in [0.4, 0.5) is 17.1 Å². The predicted molar refractivity (Wildman–Crippen MR) is 156 cm³/mol. The van der Waals surface area contributed by atoms with Gasteiger partial charge >= 0.3 is 0 Å². The molecular weight excluding hydrogens is 470 g/mol. The van der Waals surface area contributed by atoms with Crippen molar-refractivity contribution >= 4 is 28.9 Å². The van der Waals surface area contributed by atoms with Crippen LogP contribution in [0.1, 0.15) is 60.0 Å². The largest absolute Gasteiger partial charge is 0.320 e. The Bertz CT molecular complexity index is 1280. The van der Waals surface area contributed by atoms with Crippen molar-refractivity contribution in [2.75, 3.05) is 30.4 Å². The van der Waals surface area contributed by atoms with E-state index < -0.39 is 0 Å². The van der Waals surface area contributed by atoms with E-state index >= 15 is 0 Å². The molecule has 0 saturated heterocycles. The number of unbranched alkanes of at least 4 members (excludes halogenated alkanes) is 5. The van der Waals surface area contributed by atoms with Crippen LogP contribution in [0.2, 0.25) is 0 Å². The van der Waals surface area contributed by atoms with Gasteiger partial charge in [-0.15, -0.1) is 6.42 Å². The number of aryl methyl sites for hydroxylation is 1. The summed E-state index contributed by atoms with van der Waals surface area (Å²) in [5.74, 6) is 2.41. The van der Waals surface area contributed by atoms with E-state index in [2.05, 4.69) is 47.5 Å². The summed E-state index contributed by atoms with van der Waals surface area (Å²) in [5, 5.41) is 2.94. The van der Waals surface area contributed by atoms with Crippen LogP contribution in [-0.4, -0.2) is 36.9 Å². The molecule has 4 rings (SSSR count). The van der Waals surface area contributed by atoms with Gasteiger partial charge in [0.2, 0.25) is 5.91 Å². The van der Waals surface area contributed by atoms with Gasteiger partial charge in [-0.3, -0.25) is 19.4 Å². The standard InChI is InChI=1S/C33H37N3O2/c1-3-23-35(2)24-13-7-5-4-6-8-14-26-19-21-27(22-20-26)25-32(37)36-30-17-11-9-15-28(30)33(38)34-29-16-10-12-18-31(29)36/h1,9-12,15-22H,4-8,13-14,23-25H2,2H3,(H,34,38). The van der Waals surface area contributed by atoms with Crippen LogP contribution in [-0.2, 0) is 17.6 Å². The first-order chi connectivity index (χ1) is 18.6. The van der Waals surface area contributed by atoms with E-state index in [-0.39, 0.29) is 18.2 Å². The minimum atomic E-state index is -0.208. The smallest absolute Gasteiger partial charge is 0.257 e. The zero-order chi connectivity index (χ0) is 26.7. The molecule has 0 unspecified atom stereocenters. The second-order valence-corrected chi connectivity index (χ2v) is 10.0. The fourth-order valence-electron chi connectivity index (χ4n) is 4.95. The van der Waals surface area contributed by atoms with Gasteiger partial charge in [0.1, 0.15) is 0 Å². The molecule has 0 bridgehead atoms. The van der Waals surface area contributed by atoms with Gasteiger partial charge in [-0.2, -0.15) is 0 Å². The average molecular weight is 508 g/mol. The summed E-state index contributed by atoms with van der Waals surface area (Å²) >= 11 is 0. The normalized spacial score (nSPS) is 12.3. The van der Waals surface area contributed by atoms with Crippen LogP contribution in [0.15, 0.2) is 72.8 Å². The molecule has 0 spiro atoms. The average Bonchev–Trinajstić information content (AvgIpc) is 3.05. The van der Waals surface area contributed by atoms with Crippen molar-refractivity contribution in [1.29, 1.82) is 0 Å². The number of terminal acetylenes is 1. The third-order valence-electron chi connectivity index (χ3n) is 7.03. The molecule has 0 fully saturated rings. The van der Waals surface area contributed by atoms with Crippen molar-refractivity contribution < 1.29 is 9.59 Å². The molecule has 0 radical (unpaired) electrons. The Hall–Kier alpha value is -3.88. The monoisotopic (exact) mass is 507 g/mol. The molecule has 1 aliphatic rings. The zero-order valence-electron chi connectivity index (χ0n) is 22.3. The second-order valence-electron chi connectivity index (χ2n) is 10.0. The highest BCUT2D eigenvalue weighted by Crippen LogP contribution is 2.38. The van der Waals surface area contributed by atoms with Gasteiger partial charge in [-0.25, -0.2) is 0 Å². The summed E-state index contributed by atoms with van der Waals surface area (Å²) in [6.45, 7) is 1.80. The molecule has 1 heterocycles. The lowest BCUT2D eigenvalue weighted by Crippen LogP contribution is -2.28. The number of rotatable bonds is 12. The number of benzene rings is 3. The molecule has 1 N–H and O–H groups in total. The molecule has 3 aromatic rings. The molecule has 3 aromatic carbocycles. The van der Waals surface area contributed by atoms with Crippen LogP contribution in [0.3, 0.4) is 0 Å². The number of para-hydroxylation sites is 3. The molecule has 2 amide bonds. The van der Waals surface area contributed by atoms with E-state index in [1.807, 2.05) is 42.5 Å². The Morgan fingerprint density at radius 3 is 2.24 bits per heavy atom. The van der Waals surface area contributed by atoms with Crippen LogP contribution in [0, 0.1) is 12.3 Å². The first-order valence-electron chi connectivity index (χ1n) is 13.6. The molecule has 0 atom stereocenters. The van der Waals surface area contributed by atoms with E-state index in [4.69, 9.17) is 6.42 Å². The van der Waals surface area contributed by atoms with E-state index in [1.54, 1.807) is 11.0 Å². The van der Waals surface area contributed by atoms with Crippen LogP contribution in [0.5, 0.6) is 0 Å². The summed E-state index contributed by atoms with van der Waals surface area (Å²) in [6.07, 6.45) is 14.1. The number of hydrogen-bond acceptors (Lipinski definition) is 3. The maximum Gasteiger partial charge on any atom is 0.257 e. The zero-order valence-corrected chi connectivity index (χ0v) is 22.3. The second kappa shape index (κ2) is 13.6. The van der Waals surface area contributed by atoms with E-state index in [0.717, 1.165) is 25.1 Å². The number of nitrogens with zero attached hydrogens (tertiary/aromatic N) is 2.